The Hall–Kier alpha value is -2.28. The Kier molecular flexibility index (Phi) is 4.84. The molecule has 0 fully saturated rings. The monoisotopic (exact) mass is 374 g/mol. The van der Waals surface area contributed by atoms with Crippen molar-refractivity contribution in [3.63, 3.8) is 0 Å². The number of benzene rings is 2. The zero-order valence-electron chi connectivity index (χ0n) is 15.4. The second kappa shape index (κ2) is 6.71. The molecule has 0 saturated heterocycles. The molecule has 0 N–H and O–H groups in total. The Labute approximate surface area is 177 Å². The number of hydrogen-bond donors (Lipinski definition) is 0. The molecule has 27 heavy (non-hydrogen) atoms. The maximum atomic E-state index is 12.3. The third kappa shape index (κ3) is 3.14. The summed E-state index contributed by atoms with van der Waals surface area (Å²) in [5, 5.41) is 11.3. The minimum absolute atomic E-state index is 0. The zero-order valence-corrected chi connectivity index (χ0v) is 17.4. The molecule has 1 aliphatic heterocycles. The van der Waals surface area contributed by atoms with Gasteiger partial charge in [-0.1, -0.05) is 6.07 Å². The van der Waals surface area contributed by atoms with Crippen molar-refractivity contribution >= 4 is 16.9 Å². The van der Waals surface area contributed by atoms with Gasteiger partial charge in [0.25, 0.3) is 0 Å². The van der Waals surface area contributed by atoms with Gasteiger partial charge >= 0.3 is 29.6 Å². The van der Waals surface area contributed by atoms with Crippen LogP contribution in [0.1, 0.15) is 30.0 Å². The minimum Gasteiger partial charge on any atom is -0.542 e. The van der Waals surface area contributed by atoms with Crippen molar-refractivity contribution < 1.29 is 53.3 Å². The summed E-state index contributed by atoms with van der Waals surface area (Å²) in [6.45, 7) is 3.85. The molecule has 2 heterocycles. The Morgan fingerprint density at radius 1 is 1.11 bits per heavy atom. The molecule has 0 spiro atoms. The number of ether oxygens (including phenoxy) is 2. The largest absolute Gasteiger partial charge is 1.00 e. The molecule has 0 bridgehead atoms. The third-order valence-electron chi connectivity index (χ3n) is 4.56. The van der Waals surface area contributed by atoms with E-state index in [2.05, 4.69) is 0 Å². The van der Waals surface area contributed by atoms with Crippen LogP contribution in [-0.4, -0.2) is 13.1 Å². The smallest absolute Gasteiger partial charge is 0.542 e. The number of hydrogen-bond acceptors (Lipinski definition) is 6. The van der Waals surface area contributed by atoms with Gasteiger partial charge in [-0.3, -0.25) is 4.79 Å². The van der Waals surface area contributed by atoms with Gasteiger partial charge in [0.1, 0.15) is 28.7 Å². The van der Waals surface area contributed by atoms with Crippen LogP contribution in [0.15, 0.2) is 45.6 Å². The van der Waals surface area contributed by atoms with Crippen molar-refractivity contribution in [1.29, 1.82) is 0 Å². The number of carboxylic acid groups (broad SMARTS) is 1. The zero-order chi connectivity index (χ0) is 18.6. The van der Waals surface area contributed by atoms with Crippen molar-refractivity contribution in [2.75, 3.05) is 7.11 Å². The van der Waals surface area contributed by atoms with E-state index in [0.717, 1.165) is 22.8 Å². The Morgan fingerprint density at radius 3 is 2.52 bits per heavy atom. The van der Waals surface area contributed by atoms with Crippen LogP contribution in [0, 0.1) is 0 Å². The summed E-state index contributed by atoms with van der Waals surface area (Å²) in [6, 6.07) is 9.80. The number of methoxy groups -OCH3 is 1. The fourth-order valence-electron chi connectivity index (χ4n) is 3.29. The van der Waals surface area contributed by atoms with Gasteiger partial charge < -0.3 is 23.8 Å². The van der Waals surface area contributed by atoms with E-state index in [-0.39, 0.29) is 40.5 Å². The first-order valence-corrected chi connectivity index (χ1v) is 8.01. The van der Waals surface area contributed by atoms with E-state index in [1.807, 2.05) is 32.0 Å². The van der Waals surface area contributed by atoms with Gasteiger partial charge in [0, 0.05) is 23.3 Å². The Bertz CT molecular complexity index is 1130. The molecular weight excluding hydrogens is 359 g/mol. The molecule has 0 unspecified atom stereocenters. The predicted octanol–water partition coefficient (Wildman–Crippen LogP) is -0.536. The summed E-state index contributed by atoms with van der Waals surface area (Å²) in [6.07, 6.45) is 0. The van der Waals surface area contributed by atoms with E-state index < -0.39 is 22.8 Å². The average Bonchev–Trinajstić information content (AvgIpc) is 2.59. The molecule has 1 aromatic heterocycles. The molecule has 0 aliphatic carbocycles. The van der Waals surface area contributed by atoms with E-state index >= 15 is 0 Å². The number of carboxylic acids is 1. The quantitative estimate of drug-likeness (QED) is 0.560. The van der Waals surface area contributed by atoms with Gasteiger partial charge in [-0.05, 0) is 37.6 Å². The van der Waals surface area contributed by atoms with Gasteiger partial charge in [0.05, 0.1) is 12.5 Å². The van der Waals surface area contributed by atoms with Gasteiger partial charge in [0.2, 0.25) is 0 Å². The van der Waals surface area contributed by atoms with Gasteiger partial charge in [-0.15, -0.1) is 0 Å². The van der Waals surface area contributed by atoms with E-state index in [9.17, 15) is 14.7 Å². The van der Waals surface area contributed by atoms with Crippen LogP contribution in [0.2, 0.25) is 0 Å². The van der Waals surface area contributed by atoms with Crippen molar-refractivity contribution in [3.8, 4) is 22.6 Å². The molecule has 3 aromatic rings. The third-order valence-corrected chi connectivity index (χ3v) is 4.56. The van der Waals surface area contributed by atoms with Crippen LogP contribution in [-0.2, 0) is 5.60 Å². The van der Waals surface area contributed by atoms with E-state index in [1.54, 1.807) is 19.2 Å². The molecule has 0 atom stereocenters. The SMILES string of the molecule is COc1ccc2c(c1)C(C)(C)Oc1cc3oc(C(=O)[O-])cc(=O)c3cc1-2.[Na+]. The van der Waals surface area contributed by atoms with Gasteiger partial charge in [-0.2, -0.15) is 0 Å². The molecule has 1 aliphatic rings. The van der Waals surface area contributed by atoms with Crippen LogP contribution in [0.5, 0.6) is 11.5 Å². The second-order valence-electron chi connectivity index (χ2n) is 6.63. The minimum atomic E-state index is -1.54. The van der Waals surface area contributed by atoms with Crippen LogP contribution in [0.25, 0.3) is 22.1 Å². The second-order valence-corrected chi connectivity index (χ2v) is 6.63. The molecule has 6 nitrogen and oxygen atoms in total. The van der Waals surface area contributed by atoms with Crippen molar-refractivity contribution in [2.45, 2.75) is 19.4 Å². The summed E-state index contributed by atoms with van der Waals surface area (Å²) in [7, 11) is 1.60. The van der Waals surface area contributed by atoms with E-state index in [1.165, 1.54) is 0 Å². The van der Waals surface area contributed by atoms with E-state index in [4.69, 9.17) is 13.9 Å². The molecule has 4 rings (SSSR count). The van der Waals surface area contributed by atoms with Crippen LogP contribution < -0.4 is 49.6 Å². The number of rotatable bonds is 2. The summed E-state index contributed by atoms with van der Waals surface area (Å²) >= 11 is 0. The molecule has 132 valence electrons. The van der Waals surface area contributed by atoms with E-state index in [0.29, 0.717) is 11.5 Å². The fourth-order valence-corrected chi connectivity index (χ4v) is 3.29. The average molecular weight is 374 g/mol. The van der Waals surface area contributed by atoms with Crippen LogP contribution in [0.4, 0.5) is 0 Å². The maximum Gasteiger partial charge on any atom is 1.00 e. The number of fused-ring (bicyclic) bond motifs is 4. The first kappa shape index (κ1) is 19.5. The summed E-state index contributed by atoms with van der Waals surface area (Å²) in [5.74, 6) is -0.829. The van der Waals surface area contributed by atoms with Gasteiger partial charge in [-0.25, -0.2) is 0 Å². The first-order valence-electron chi connectivity index (χ1n) is 8.01. The Balaban J connectivity index is 0.00000210. The predicted molar refractivity (Wildman–Crippen MR) is 92.5 cm³/mol. The maximum absolute atomic E-state index is 12.3. The number of aromatic carboxylic acids is 1. The van der Waals surface area contributed by atoms with Gasteiger partial charge in [0.15, 0.2) is 11.2 Å². The molecule has 7 heteroatoms. The molecular formula is C20H15NaO6. The number of carbonyl (C=O) groups is 1. The molecule has 0 radical (unpaired) electrons. The molecule has 2 aromatic carbocycles. The molecule has 0 amide bonds. The van der Waals surface area contributed by atoms with Crippen LogP contribution in [0.3, 0.4) is 0 Å². The summed E-state index contributed by atoms with van der Waals surface area (Å²) in [5.41, 5.74) is 1.64. The fraction of sp³-hybridized carbons (Fsp3) is 0.200. The van der Waals surface area contributed by atoms with Crippen molar-refractivity contribution in [1.82, 2.24) is 0 Å². The summed E-state index contributed by atoms with van der Waals surface area (Å²) < 4.78 is 16.7. The van der Waals surface area contributed by atoms with Crippen molar-refractivity contribution in [3.05, 3.63) is 57.9 Å². The topological polar surface area (TPSA) is 88.8 Å². The van der Waals surface area contributed by atoms with Crippen molar-refractivity contribution in [2.24, 2.45) is 0 Å². The standard InChI is InChI=1S/C20H16O6.Na/c1-20(2)14-6-10(24-3)4-5-11(14)12-7-13-15(21)8-18(19(22)23)25-16(13)9-17(12)26-20;/h4-9H,1-3H3,(H,22,23);/q;+1/p-1. The van der Waals surface area contributed by atoms with Crippen LogP contribution >= 0.6 is 0 Å². The molecule has 0 saturated carbocycles. The first-order chi connectivity index (χ1) is 12.3. The number of carbonyl (C=O) groups excluding carboxylic acids is 1. The summed E-state index contributed by atoms with van der Waals surface area (Å²) in [4.78, 5) is 23.3. The normalized spacial score (nSPS) is 13.7. The Morgan fingerprint density at radius 2 is 1.85 bits per heavy atom.